The number of aromatic amines is 1. The van der Waals surface area contributed by atoms with Crippen LogP contribution < -0.4 is 10.9 Å². The van der Waals surface area contributed by atoms with Crippen molar-refractivity contribution in [3.05, 3.63) is 34.2 Å². The minimum absolute atomic E-state index is 0.191. The smallest absolute Gasteiger partial charge is 0.251 e. The van der Waals surface area contributed by atoms with Gasteiger partial charge in [-0.2, -0.15) is 0 Å². The maximum atomic E-state index is 11.7. The highest BCUT2D eigenvalue weighted by Gasteiger charge is 2.05. The molecule has 5 heteroatoms. The minimum atomic E-state index is -0.258. The first-order valence-electron chi connectivity index (χ1n) is 6.68. The quantitative estimate of drug-likeness (QED) is 0.729. The molecule has 5 nitrogen and oxygen atoms in total. The van der Waals surface area contributed by atoms with Gasteiger partial charge in [-0.25, -0.2) is 0 Å². The number of pyridine rings is 1. The molecule has 0 fully saturated rings. The Morgan fingerprint density at radius 3 is 2.79 bits per heavy atom. The van der Waals surface area contributed by atoms with Crippen molar-refractivity contribution in [2.24, 2.45) is 0 Å². The molecule has 1 aromatic rings. The van der Waals surface area contributed by atoms with Crippen LogP contribution in [0.4, 0.5) is 0 Å². The molecule has 0 saturated carbocycles. The van der Waals surface area contributed by atoms with E-state index in [1.165, 1.54) is 12.3 Å². The molecule has 106 valence electrons. The summed E-state index contributed by atoms with van der Waals surface area (Å²) in [6.07, 6.45) is 3.46. The van der Waals surface area contributed by atoms with Crippen molar-refractivity contribution in [2.45, 2.75) is 32.7 Å². The summed E-state index contributed by atoms with van der Waals surface area (Å²) < 4.78 is 0. The third-order valence-electron chi connectivity index (χ3n) is 3.14. The molecule has 0 bridgehead atoms. The molecule has 0 aliphatic heterocycles. The van der Waals surface area contributed by atoms with Gasteiger partial charge in [0.25, 0.3) is 5.91 Å². The van der Waals surface area contributed by atoms with Crippen LogP contribution in [-0.2, 0) is 0 Å². The molecule has 0 saturated heterocycles. The van der Waals surface area contributed by atoms with Gasteiger partial charge >= 0.3 is 0 Å². The predicted molar refractivity (Wildman–Crippen MR) is 76.4 cm³/mol. The zero-order chi connectivity index (χ0) is 14.3. The molecule has 0 spiro atoms. The van der Waals surface area contributed by atoms with Crippen molar-refractivity contribution < 1.29 is 4.79 Å². The summed E-state index contributed by atoms with van der Waals surface area (Å²) in [5.74, 6) is -0.191. The number of carbonyl (C=O) groups excluding carboxylic acids is 1. The lowest BCUT2D eigenvalue weighted by Gasteiger charge is -2.20. The second-order valence-electron chi connectivity index (χ2n) is 4.98. The Kier molecular flexibility index (Phi) is 6.29. The summed E-state index contributed by atoms with van der Waals surface area (Å²) in [6.45, 7) is 5.99. The number of hydrogen-bond acceptors (Lipinski definition) is 3. The van der Waals surface area contributed by atoms with Gasteiger partial charge in [-0.15, -0.1) is 0 Å². The third-order valence-corrected chi connectivity index (χ3v) is 3.14. The molecule has 0 atom stereocenters. The molecule has 2 N–H and O–H groups in total. The van der Waals surface area contributed by atoms with Gasteiger partial charge < -0.3 is 15.2 Å². The molecule has 0 unspecified atom stereocenters. The molecule has 1 rings (SSSR count). The Morgan fingerprint density at radius 2 is 2.16 bits per heavy atom. The molecule has 0 radical (unpaired) electrons. The summed E-state index contributed by atoms with van der Waals surface area (Å²) in [6, 6.07) is 3.45. The number of aromatic nitrogens is 1. The fourth-order valence-corrected chi connectivity index (χ4v) is 1.63. The van der Waals surface area contributed by atoms with E-state index in [1.807, 2.05) is 0 Å². The summed E-state index contributed by atoms with van der Waals surface area (Å²) in [7, 11) is 2.10. The molecular formula is C14H23N3O2. The van der Waals surface area contributed by atoms with E-state index in [-0.39, 0.29) is 11.5 Å². The second-order valence-corrected chi connectivity index (χ2v) is 4.98. The van der Waals surface area contributed by atoms with E-state index in [0.717, 1.165) is 19.4 Å². The lowest BCUT2D eigenvalue weighted by Crippen LogP contribution is -2.29. The lowest BCUT2D eigenvalue weighted by molar-refractivity contribution is 0.0952. The van der Waals surface area contributed by atoms with Crippen LogP contribution in [0.5, 0.6) is 0 Å². The SMILES string of the molecule is CC(C)N(C)CCCCNC(=O)c1cc[nH]c(=O)c1. The van der Waals surface area contributed by atoms with Crippen molar-refractivity contribution in [3.8, 4) is 0 Å². The van der Waals surface area contributed by atoms with Gasteiger partial charge in [0.2, 0.25) is 5.56 Å². The Labute approximate surface area is 114 Å². The third kappa shape index (κ3) is 5.70. The van der Waals surface area contributed by atoms with Gasteiger partial charge in [0.1, 0.15) is 0 Å². The summed E-state index contributed by atoms with van der Waals surface area (Å²) in [5, 5.41) is 2.82. The van der Waals surface area contributed by atoms with Crippen molar-refractivity contribution in [1.82, 2.24) is 15.2 Å². The van der Waals surface area contributed by atoms with E-state index in [9.17, 15) is 9.59 Å². The highest BCUT2D eigenvalue weighted by molar-refractivity contribution is 5.93. The van der Waals surface area contributed by atoms with Crippen LogP contribution in [0.25, 0.3) is 0 Å². The van der Waals surface area contributed by atoms with Crippen LogP contribution in [0.15, 0.2) is 23.1 Å². The van der Waals surface area contributed by atoms with Gasteiger partial charge in [0.05, 0.1) is 0 Å². The molecule has 0 aromatic carbocycles. The lowest BCUT2D eigenvalue weighted by atomic mass is 10.2. The van der Waals surface area contributed by atoms with Crippen LogP contribution >= 0.6 is 0 Å². The molecule has 1 amide bonds. The van der Waals surface area contributed by atoms with Crippen molar-refractivity contribution in [1.29, 1.82) is 0 Å². The van der Waals surface area contributed by atoms with Crippen LogP contribution in [0.2, 0.25) is 0 Å². The topological polar surface area (TPSA) is 65.2 Å². The van der Waals surface area contributed by atoms with E-state index in [4.69, 9.17) is 0 Å². The Hall–Kier alpha value is -1.62. The first-order chi connectivity index (χ1) is 9.00. The van der Waals surface area contributed by atoms with Crippen molar-refractivity contribution >= 4 is 5.91 Å². The Bertz CT molecular complexity index is 454. The van der Waals surface area contributed by atoms with Gasteiger partial charge in [-0.3, -0.25) is 9.59 Å². The van der Waals surface area contributed by atoms with Gasteiger partial charge in [-0.05, 0) is 46.3 Å². The average molecular weight is 265 g/mol. The highest BCUT2D eigenvalue weighted by Crippen LogP contribution is 1.98. The molecule has 19 heavy (non-hydrogen) atoms. The van der Waals surface area contributed by atoms with E-state index in [1.54, 1.807) is 6.07 Å². The van der Waals surface area contributed by atoms with Crippen LogP contribution in [0.3, 0.4) is 0 Å². The number of H-pyrrole nitrogens is 1. The van der Waals surface area contributed by atoms with E-state index in [0.29, 0.717) is 18.2 Å². The van der Waals surface area contributed by atoms with Crippen LogP contribution in [0, 0.1) is 0 Å². The average Bonchev–Trinajstić information content (AvgIpc) is 2.37. The van der Waals surface area contributed by atoms with E-state index >= 15 is 0 Å². The van der Waals surface area contributed by atoms with E-state index < -0.39 is 0 Å². The fourth-order valence-electron chi connectivity index (χ4n) is 1.63. The monoisotopic (exact) mass is 265 g/mol. The molecule has 0 aliphatic rings. The van der Waals surface area contributed by atoms with Crippen LogP contribution in [0.1, 0.15) is 37.0 Å². The van der Waals surface area contributed by atoms with Crippen LogP contribution in [-0.4, -0.2) is 42.0 Å². The number of carbonyl (C=O) groups is 1. The molecular weight excluding hydrogens is 242 g/mol. The predicted octanol–water partition coefficient (Wildman–Crippen LogP) is 1.23. The first-order valence-corrected chi connectivity index (χ1v) is 6.68. The van der Waals surface area contributed by atoms with E-state index in [2.05, 4.69) is 36.1 Å². The largest absolute Gasteiger partial charge is 0.352 e. The summed E-state index contributed by atoms with van der Waals surface area (Å²) in [5.41, 5.74) is 0.147. The van der Waals surface area contributed by atoms with Gasteiger partial charge in [0, 0.05) is 30.4 Å². The second kappa shape index (κ2) is 7.74. The Balaban J connectivity index is 2.23. The number of hydrogen-bond donors (Lipinski definition) is 2. The van der Waals surface area contributed by atoms with Crippen molar-refractivity contribution in [2.75, 3.05) is 20.1 Å². The summed E-state index contributed by atoms with van der Waals surface area (Å²) >= 11 is 0. The molecule has 0 aliphatic carbocycles. The zero-order valence-corrected chi connectivity index (χ0v) is 11.9. The number of nitrogens with zero attached hydrogens (tertiary/aromatic N) is 1. The van der Waals surface area contributed by atoms with Gasteiger partial charge in [-0.1, -0.05) is 0 Å². The maximum Gasteiger partial charge on any atom is 0.251 e. The highest BCUT2D eigenvalue weighted by atomic mass is 16.2. The normalized spacial score (nSPS) is 11.0. The van der Waals surface area contributed by atoms with Gasteiger partial charge in [0.15, 0.2) is 0 Å². The summed E-state index contributed by atoms with van der Waals surface area (Å²) in [4.78, 5) is 27.6. The standard InChI is InChI=1S/C14H23N3O2/c1-11(2)17(3)9-5-4-7-16-14(19)12-6-8-15-13(18)10-12/h6,8,10-11H,4-5,7,9H2,1-3H3,(H,15,18)(H,16,19). The number of nitrogens with one attached hydrogen (secondary N) is 2. The zero-order valence-electron chi connectivity index (χ0n) is 11.9. The molecule has 1 aromatic heterocycles. The maximum absolute atomic E-state index is 11.7. The molecule has 1 heterocycles. The first kappa shape index (κ1) is 15.4. The van der Waals surface area contributed by atoms with Crippen molar-refractivity contribution in [3.63, 3.8) is 0 Å². The minimum Gasteiger partial charge on any atom is -0.352 e. The fraction of sp³-hybridized carbons (Fsp3) is 0.571. The number of unbranched alkanes of at least 4 members (excludes halogenated alkanes) is 1. The number of amides is 1. The number of rotatable bonds is 7. The Morgan fingerprint density at radius 1 is 1.42 bits per heavy atom.